The molecule has 0 saturated heterocycles. The van der Waals surface area contributed by atoms with Crippen LogP contribution in [0.15, 0.2) is 36.4 Å². The lowest BCUT2D eigenvalue weighted by molar-refractivity contribution is -0.119. The Morgan fingerprint density at radius 2 is 1.91 bits per heavy atom. The Bertz CT molecular complexity index is 1170. The van der Waals surface area contributed by atoms with Crippen molar-refractivity contribution in [2.45, 2.75) is 52.1 Å². The Morgan fingerprint density at radius 1 is 1.11 bits per heavy atom. The lowest BCUT2D eigenvalue weighted by atomic mass is 9.94. The van der Waals surface area contributed by atoms with Crippen molar-refractivity contribution in [2.75, 3.05) is 31.4 Å². The van der Waals surface area contributed by atoms with Crippen LogP contribution >= 0.6 is 0 Å². The number of carbonyl (C=O) groups excluding carboxylic acids is 1. The number of amides is 1. The first-order valence-electron chi connectivity index (χ1n) is 11.7. The van der Waals surface area contributed by atoms with E-state index in [0.717, 1.165) is 24.8 Å². The summed E-state index contributed by atoms with van der Waals surface area (Å²) in [6.07, 6.45) is 2.81. The quantitative estimate of drug-likeness (QED) is 0.337. The van der Waals surface area contributed by atoms with Crippen molar-refractivity contribution in [1.82, 2.24) is 15.3 Å². The standard InChI is InChI=1S/C26H34FN5O3/c1-6-7-12-26(3,16-29-17(2)33)32-24-21-11-9-19(27)13-22(21)30-25(31-24)28-15-18-8-10-20(34-4)14-23(18)35-5/h8-11,13-14H,6-7,12,15-16H2,1-5H3,(H,29,33)(H2,28,30,31,32). The van der Waals surface area contributed by atoms with Gasteiger partial charge in [0, 0.05) is 43.1 Å². The topological polar surface area (TPSA) is 97.4 Å². The molecule has 0 saturated carbocycles. The third kappa shape index (κ3) is 6.94. The first-order chi connectivity index (χ1) is 16.8. The van der Waals surface area contributed by atoms with Gasteiger partial charge in [-0.1, -0.05) is 19.8 Å². The summed E-state index contributed by atoms with van der Waals surface area (Å²) >= 11 is 0. The highest BCUT2D eigenvalue weighted by atomic mass is 19.1. The van der Waals surface area contributed by atoms with Crippen molar-refractivity contribution >= 4 is 28.6 Å². The number of nitrogens with one attached hydrogen (secondary N) is 3. The molecule has 0 aliphatic heterocycles. The molecule has 1 atom stereocenters. The van der Waals surface area contributed by atoms with Crippen LogP contribution in [-0.4, -0.2) is 42.2 Å². The lowest BCUT2D eigenvalue weighted by Gasteiger charge is -2.32. The maximum atomic E-state index is 14.1. The number of benzene rings is 2. The number of anilines is 2. The van der Waals surface area contributed by atoms with Crippen LogP contribution in [0.4, 0.5) is 16.2 Å². The summed E-state index contributed by atoms with van der Waals surface area (Å²) in [7, 11) is 3.20. The zero-order valence-electron chi connectivity index (χ0n) is 21.0. The largest absolute Gasteiger partial charge is 0.497 e. The minimum atomic E-state index is -0.451. The second kappa shape index (κ2) is 11.7. The summed E-state index contributed by atoms with van der Waals surface area (Å²) in [5.74, 6) is 1.81. The van der Waals surface area contributed by atoms with Gasteiger partial charge in [-0.3, -0.25) is 4.79 Å². The Kier molecular flexibility index (Phi) is 8.68. The molecule has 2 aromatic carbocycles. The van der Waals surface area contributed by atoms with Gasteiger partial charge < -0.3 is 25.4 Å². The molecule has 0 aliphatic rings. The maximum Gasteiger partial charge on any atom is 0.225 e. The van der Waals surface area contributed by atoms with E-state index in [2.05, 4.69) is 27.9 Å². The second-order valence-electron chi connectivity index (χ2n) is 8.79. The van der Waals surface area contributed by atoms with Crippen molar-refractivity contribution in [3.8, 4) is 11.5 Å². The molecular formula is C26H34FN5O3. The molecule has 9 heteroatoms. The minimum Gasteiger partial charge on any atom is -0.497 e. The summed E-state index contributed by atoms with van der Waals surface area (Å²) in [4.78, 5) is 20.8. The molecule has 0 fully saturated rings. The summed E-state index contributed by atoms with van der Waals surface area (Å²) in [5.41, 5.74) is 0.918. The maximum absolute atomic E-state index is 14.1. The molecule has 0 spiro atoms. The molecule has 1 unspecified atom stereocenters. The van der Waals surface area contributed by atoms with Crippen LogP contribution in [0.2, 0.25) is 0 Å². The van der Waals surface area contributed by atoms with E-state index in [1.165, 1.54) is 19.1 Å². The molecular weight excluding hydrogens is 449 g/mol. The monoisotopic (exact) mass is 483 g/mol. The molecule has 3 N–H and O–H groups in total. The van der Waals surface area contributed by atoms with Gasteiger partial charge in [0.1, 0.15) is 23.1 Å². The zero-order chi connectivity index (χ0) is 25.4. The van der Waals surface area contributed by atoms with Crippen molar-refractivity contribution < 1.29 is 18.7 Å². The van der Waals surface area contributed by atoms with Crippen LogP contribution in [-0.2, 0) is 11.3 Å². The smallest absolute Gasteiger partial charge is 0.225 e. The van der Waals surface area contributed by atoms with E-state index in [9.17, 15) is 9.18 Å². The normalized spacial score (nSPS) is 12.6. The van der Waals surface area contributed by atoms with Gasteiger partial charge in [0.15, 0.2) is 0 Å². The van der Waals surface area contributed by atoms with Crippen molar-refractivity contribution in [2.24, 2.45) is 0 Å². The first kappa shape index (κ1) is 26.0. The van der Waals surface area contributed by atoms with E-state index in [1.54, 1.807) is 20.3 Å². The molecule has 1 aromatic heterocycles. The molecule has 0 radical (unpaired) electrons. The zero-order valence-corrected chi connectivity index (χ0v) is 21.0. The predicted molar refractivity (Wildman–Crippen MR) is 137 cm³/mol. The molecule has 35 heavy (non-hydrogen) atoms. The second-order valence-corrected chi connectivity index (χ2v) is 8.79. The highest BCUT2D eigenvalue weighted by Crippen LogP contribution is 2.29. The number of aromatic nitrogens is 2. The summed E-state index contributed by atoms with van der Waals surface area (Å²) in [6, 6.07) is 10.0. The molecule has 0 bridgehead atoms. The van der Waals surface area contributed by atoms with Gasteiger partial charge in [0.2, 0.25) is 11.9 Å². The third-order valence-electron chi connectivity index (χ3n) is 5.82. The Labute approximate surface area is 205 Å². The van der Waals surface area contributed by atoms with Crippen LogP contribution in [0, 0.1) is 5.82 Å². The highest BCUT2D eigenvalue weighted by Gasteiger charge is 2.26. The van der Waals surface area contributed by atoms with E-state index >= 15 is 0 Å². The predicted octanol–water partition coefficient (Wildman–Crippen LogP) is 4.90. The fourth-order valence-corrected chi connectivity index (χ4v) is 3.82. The van der Waals surface area contributed by atoms with Crippen LogP contribution in [0.25, 0.3) is 10.9 Å². The van der Waals surface area contributed by atoms with Crippen LogP contribution in [0.1, 0.15) is 45.6 Å². The van der Waals surface area contributed by atoms with Crippen LogP contribution < -0.4 is 25.4 Å². The number of halogens is 1. The third-order valence-corrected chi connectivity index (χ3v) is 5.82. The van der Waals surface area contributed by atoms with Crippen molar-refractivity contribution in [3.05, 3.63) is 47.8 Å². The first-order valence-corrected chi connectivity index (χ1v) is 11.7. The SMILES string of the molecule is CCCCC(C)(CNC(C)=O)Nc1nc(NCc2ccc(OC)cc2OC)nc2cc(F)ccc12. The van der Waals surface area contributed by atoms with Gasteiger partial charge in [-0.05, 0) is 37.6 Å². The molecule has 1 heterocycles. The number of ether oxygens (including phenoxy) is 2. The van der Waals surface area contributed by atoms with E-state index < -0.39 is 5.54 Å². The van der Waals surface area contributed by atoms with E-state index in [4.69, 9.17) is 14.5 Å². The number of rotatable bonds is 12. The van der Waals surface area contributed by atoms with E-state index in [0.29, 0.717) is 47.3 Å². The average Bonchev–Trinajstić information content (AvgIpc) is 2.84. The van der Waals surface area contributed by atoms with Crippen LogP contribution in [0.5, 0.6) is 11.5 Å². The molecule has 188 valence electrons. The van der Waals surface area contributed by atoms with Gasteiger partial charge in [0.25, 0.3) is 0 Å². The van der Waals surface area contributed by atoms with Gasteiger partial charge in [-0.15, -0.1) is 0 Å². The Hall–Kier alpha value is -3.62. The Balaban J connectivity index is 1.94. The van der Waals surface area contributed by atoms with Crippen molar-refractivity contribution in [1.29, 1.82) is 0 Å². The summed E-state index contributed by atoms with van der Waals surface area (Å²) in [6.45, 7) is 6.49. The van der Waals surface area contributed by atoms with Gasteiger partial charge in [-0.25, -0.2) is 9.37 Å². The number of methoxy groups -OCH3 is 2. The number of carbonyl (C=O) groups is 1. The van der Waals surface area contributed by atoms with E-state index in [1.807, 2.05) is 25.1 Å². The van der Waals surface area contributed by atoms with E-state index in [-0.39, 0.29) is 11.7 Å². The number of unbranched alkanes of at least 4 members (excludes halogenated alkanes) is 1. The van der Waals surface area contributed by atoms with Crippen LogP contribution in [0.3, 0.4) is 0 Å². The van der Waals surface area contributed by atoms with Gasteiger partial charge in [-0.2, -0.15) is 4.98 Å². The minimum absolute atomic E-state index is 0.0973. The number of hydrogen-bond donors (Lipinski definition) is 3. The van der Waals surface area contributed by atoms with Gasteiger partial charge >= 0.3 is 0 Å². The number of hydrogen-bond acceptors (Lipinski definition) is 7. The molecule has 0 aliphatic carbocycles. The number of nitrogens with zero attached hydrogens (tertiary/aromatic N) is 2. The average molecular weight is 484 g/mol. The summed E-state index contributed by atoms with van der Waals surface area (Å²) < 4.78 is 24.8. The molecule has 1 amide bonds. The lowest BCUT2D eigenvalue weighted by Crippen LogP contribution is -2.46. The number of fused-ring (bicyclic) bond motifs is 1. The fourth-order valence-electron chi connectivity index (χ4n) is 3.82. The highest BCUT2D eigenvalue weighted by molar-refractivity contribution is 5.90. The molecule has 3 rings (SSSR count). The molecule has 8 nitrogen and oxygen atoms in total. The molecule has 3 aromatic rings. The summed E-state index contributed by atoms with van der Waals surface area (Å²) in [5, 5.41) is 10.4. The van der Waals surface area contributed by atoms with Crippen molar-refractivity contribution in [3.63, 3.8) is 0 Å². The Morgan fingerprint density at radius 3 is 2.60 bits per heavy atom. The fraction of sp³-hybridized carbons (Fsp3) is 0.423. The van der Waals surface area contributed by atoms with Gasteiger partial charge in [0.05, 0.1) is 25.3 Å².